The molecule has 3 rings (SSSR count). The summed E-state index contributed by atoms with van der Waals surface area (Å²) in [6.07, 6.45) is 0.813. The molecule has 1 atom stereocenters. The number of esters is 1. The molecule has 1 N–H and O–H groups in total. The second kappa shape index (κ2) is 8.26. The average molecular weight is 439 g/mol. The number of halogens is 2. The maximum atomic E-state index is 14.2. The third-order valence-corrected chi connectivity index (χ3v) is 7.13. The number of benzene rings is 2. The monoisotopic (exact) mass is 439 g/mol. The molecule has 10 heteroatoms. The number of carbonyl (C=O) groups is 1. The number of ether oxygens (including phenoxy) is 1. The fraction of sp³-hybridized carbons (Fsp3) is 0.158. The number of methoxy groups -OCH3 is 1. The molecule has 0 aliphatic heterocycles. The molecule has 1 heterocycles. The lowest BCUT2D eigenvalue weighted by Crippen LogP contribution is -2.15. The van der Waals surface area contributed by atoms with Crippen LogP contribution in [0.25, 0.3) is 4.90 Å². The van der Waals surface area contributed by atoms with Crippen LogP contribution in [0.5, 0.6) is 0 Å². The standard InChI is InChI=1S/C19H16F2N2O4S2/c1-3-12-10-28(11-22-12)13-4-6-14(7-5-13)29(25,26)23-18-9-16(20)15(8-17(18)21)19(24)27-2/h4-11H,3H2,1-2H3/p+1. The van der Waals surface area contributed by atoms with Crippen molar-refractivity contribution in [1.82, 2.24) is 4.98 Å². The zero-order valence-electron chi connectivity index (χ0n) is 15.5. The van der Waals surface area contributed by atoms with Crippen molar-refractivity contribution < 1.29 is 26.7 Å². The Morgan fingerprint density at radius 3 is 2.45 bits per heavy atom. The number of sulfonamides is 1. The SMILES string of the molecule is CCc1c[s+](-c2ccc(S(=O)(=O)Nc3cc(F)c(C(=O)OC)cc3F)cc2)cn1. The Morgan fingerprint density at radius 1 is 1.17 bits per heavy atom. The van der Waals surface area contributed by atoms with Gasteiger partial charge in [-0.25, -0.2) is 27.0 Å². The summed E-state index contributed by atoms with van der Waals surface area (Å²) in [6, 6.07) is 7.24. The minimum absolute atomic E-state index is 0.113. The van der Waals surface area contributed by atoms with Gasteiger partial charge in [0.05, 0.1) is 29.0 Å². The molecule has 1 aromatic heterocycles. The highest BCUT2D eigenvalue weighted by molar-refractivity contribution is 7.92. The molecule has 0 saturated heterocycles. The zero-order valence-corrected chi connectivity index (χ0v) is 17.1. The number of hydrogen-bond acceptors (Lipinski definition) is 5. The summed E-state index contributed by atoms with van der Waals surface area (Å²) < 4.78 is 59.6. The lowest BCUT2D eigenvalue weighted by molar-refractivity contribution is 0.0595. The number of thiazole rings is 1. The Balaban J connectivity index is 1.86. The number of hydrogen-bond donors (Lipinski definition) is 1. The van der Waals surface area contributed by atoms with Gasteiger partial charge in [-0.2, -0.15) is 0 Å². The smallest absolute Gasteiger partial charge is 0.340 e. The minimum Gasteiger partial charge on any atom is -0.465 e. The van der Waals surface area contributed by atoms with E-state index in [4.69, 9.17) is 0 Å². The van der Waals surface area contributed by atoms with Crippen molar-refractivity contribution in [2.45, 2.75) is 18.2 Å². The molecule has 0 fully saturated rings. The molecule has 152 valence electrons. The molecule has 0 aliphatic carbocycles. The number of carbonyl (C=O) groups excluding carboxylic acids is 1. The van der Waals surface area contributed by atoms with Gasteiger partial charge in [-0.15, -0.1) is 0 Å². The van der Waals surface area contributed by atoms with Crippen molar-refractivity contribution in [3.63, 3.8) is 0 Å². The van der Waals surface area contributed by atoms with Crippen LogP contribution in [0.4, 0.5) is 14.5 Å². The summed E-state index contributed by atoms with van der Waals surface area (Å²) in [6.45, 7) is 2.00. The third-order valence-electron chi connectivity index (χ3n) is 4.07. The zero-order chi connectivity index (χ0) is 21.2. The maximum absolute atomic E-state index is 14.2. The topological polar surface area (TPSA) is 85.4 Å². The van der Waals surface area contributed by atoms with Crippen LogP contribution in [0, 0.1) is 11.6 Å². The first kappa shape index (κ1) is 20.9. The van der Waals surface area contributed by atoms with Crippen molar-refractivity contribution in [1.29, 1.82) is 0 Å². The molecule has 0 radical (unpaired) electrons. The molecule has 0 saturated carbocycles. The molecule has 0 spiro atoms. The molecule has 0 aliphatic rings. The first-order valence-corrected chi connectivity index (χ1v) is 11.3. The number of anilines is 1. The summed E-state index contributed by atoms with van der Waals surface area (Å²) in [7, 11) is -3.47. The summed E-state index contributed by atoms with van der Waals surface area (Å²) in [5.41, 5.74) is 1.54. The molecule has 3 aromatic rings. The van der Waals surface area contributed by atoms with Crippen molar-refractivity contribution in [2.24, 2.45) is 0 Å². The van der Waals surface area contributed by atoms with E-state index in [2.05, 4.69) is 9.72 Å². The van der Waals surface area contributed by atoms with Gasteiger partial charge in [0.25, 0.3) is 10.0 Å². The van der Waals surface area contributed by atoms with Gasteiger partial charge in [0.2, 0.25) is 5.51 Å². The number of aryl methyl sites for hydroxylation is 1. The Hall–Kier alpha value is -2.85. The number of nitrogens with one attached hydrogen (secondary N) is 1. The van der Waals surface area contributed by atoms with Crippen molar-refractivity contribution in [3.05, 3.63) is 70.2 Å². The van der Waals surface area contributed by atoms with E-state index in [9.17, 15) is 22.0 Å². The largest absolute Gasteiger partial charge is 0.465 e. The summed E-state index contributed by atoms with van der Waals surface area (Å²) in [4.78, 5) is 16.5. The summed E-state index contributed by atoms with van der Waals surface area (Å²) in [5.74, 6) is -3.28. The van der Waals surface area contributed by atoms with E-state index >= 15 is 0 Å². The van der Waals surface area contributed by atoms with Gasteiger partial charge in [-0.05, 0) is 36.8 Å². The molecule has 2 aromatic carbocycles. The van der Waals surface area contributed by atoms with Crippen LogP contribution in [0.15, 0.2) is 52.2 Å². The van der Waals surface area contributed by atoms with Gasteiger partial charge >= 0.3 is 5.97 Å². The predicted molar refractivity (Wildman–Crippen MR) is 106 cm³/mol. The fourth-order valence-corrected chi connectivity index (χ4v) is 5.10. The highest BCUT2D eigenvalue weighted by Gasteiger charge is 2.22. The van der Waals surface area contributed by atoms with Crippen LogP contribution < -0.4 is 4.72 Å². The Labute approximate surface area is 169 Å². The van der Waals surface area contributed by atoms with E-state index in [1.165, 1.54) is 12.1 Å². The van der Waals surface area contributed by atoms with Gasteiger partial charge in [-0.1, -0.05) is 6.92 Å². The Kier molecular flexibility index (Phi) is 5.94. The van der Waals surface area contributed by atoms with Crippen LogP contribution in [0.2, 0.25) is 0 Å². The van der Waals surface area contributed by atoms with E-state index < -0.39 is 38.9 Å². The number of rotatable bonds is 6. The normalized spacial score (nSPS) is 11.9. The van der Waals surface area contributed by atoms with Gasteiger partial charge in [-0.3, -0.25) is 4.72 Å². The van der Waals surface area contributed by atoms with Crippen LogP contribution in [0.1, 0.15) is 23.0 Å². The van der Waals surface area contributed by atoms with Crippen molar-refractivity contribution >= 4 is 32.1 Å². The molecule has 29 heavy (non-hydrogen) atoms. The molecule has 6 nitrogen and oxygen atoms in total. The van der Waals surface area contributed by atoms with Gasteiger partial charge < -0.3 is 4.74 Å². The molecule has 0 amide bonds. The second-order valence-electron chi connectivity index (χ2n) is 5.95. The second-order valence-corrected chi connectivity index (χ2v) is 9.29. The van der Waals surface area contributed by atoms with E-state index in [0.29, 0.717) is 12.1 Å². The third kappa shape index (κ3) is 4.43. The maximum Gasteiger partial charge on any atom is 0.340 e. The van der Waals surface area contributed by atoms with Crippen LogP contribution >= 0.6 is 10.5 Å². The average Bonchev–Trinajstić information content (AvgIpc) is 3.19. The van der Waals surface area contributed by atoms with E-state index in [-0.39, 0.29) is 15.4 Å². The number of aromatic nitrogens is 1. The summed E-state index contributed by atoms with van der Waals surface area (Å²) >= 11 is 0. The Bertz CT molecular complexity index is 1160. The minimum atomic E-state index is -4.17. The highest BCUT2D eigenvalue weighted by atomic mass is 32.2. The molecular formula is C19H17F2N2O4S2+. The predicted octanol–water partition coefficient (Wildman–Crippen LogP) is 4.25. The van der Waals surface area contributed by atoms with E-state index in [1.807, 2.05) is 22.5 Å². The molecule has 1 unspecified atom stereocenters. The quantitative estimate of drug-likeness (QED) is 0.459. The van der Waals surface area contributed by atoms with Crippen LogP contribution in [0.3, 0.4) is 0 Å². The van der Waals surface area contributed by atoms with Gasteiger partial charge in [0.15, 0.2) is 10.3 Å². The van der Waals surface area contributed by atoms with Gasteiger partial charge in [0.1, 0.15) is 11.6 Å². The van der Waals surface area contributed by atoms with Crippen LogP contribution in [-0.4, -0.2) is 26.5 Å². The number of nitrogens with zero attached hydrogens (tertiary/aromatic N) is 1. The molecular weight excluding hydrogens is 422 g/mol. The van der Waals surface area contributed by atoms with Gasteiger partial charge in [0, 0.05) is 16.5 Å². The summed E-state index contributed by atoms with van der Waals surface area (Å²) in [5, 5.41) is 2.02. The van der Waals surface area contributed by atoms with Crippen molar-refractivity contribution in [2.75, 3.05) is 11.8 Å². The van der Waals surface area contributed by atoms with Crippen LogP contribution in [-0.2, 0) is 21.2 Å². The van der Waals surface area contributed by atoms with E-state index in [1.54, 1.807) is 12.1 Å². The Morgan fingerprint density at radius 2 is 1.86 bits per heavy atom. The lowest BCUT2D eigenvalue weighted by atomic mass is 10.2. The molecule has 0 bridgehead atoms. The first-order chi connectivity index (χ1) is 13.7. The highest BCUT2D eigenvalue weighted by Crippen LogP contribution is 2.32. The van der Waals surface area contributed by atoms with Crippen molar-refractivity contribution in [3.8, 4) is 4.90 Å². The lowest BCUT2D eigenvalue weighted by Gasteiger charge is -2.10. The van der Waals surface area contributed by atoms with E-state index in [0.717, 1.165) is 24.1 Å². The first-order valence-electron chi connectivity index (χ1n) is 8.42. The fourth-order valence-electron chi connectivity index (χ4n) is 2.51.